The molecule has 21 heavy (non-hydrogen) atoms. The van der Waals surface area contributed by atoms with E-state index in [4.69, 9.17) is 14.2 Å². The smallest absolute Gasteiger partial charge is 0.161 e. The third kappa shape index (κ3) is 5.56. The first-order chi connectivity index (χ1) is 9.93. The molecule has 0 radical (unpaired) electrons. The quantitative estimate of drug-likeness (QED) is 0.758. The molecule has 4 nitrogen and oxygen atoms in total. The van der Waals surface area contributed by atoms with E-state index in [0.29, 0.717) is 0 Å². The summed E-state index contributed by atoms with van der Waals surface area (Å²) >= 11 is 0. The molecule has 0 aliphatic heterocycles. The Hall–Kier alpha value is -1.26. The number of hydrogen-bond donors (Lipinski definition) is 1. The highest BCUT2D eigenvalue weighted by molar-refractivity contribution is 5.43. The van der Waals surface area contributed by atoms with E-state index < -0.39 is 0 Å². The Morgan fingerprint density at radius 2 is 1.76 bits per heavy atom. The van der Waals surface area contributed by atoms with Crippen molar-refractivity contribution >= 4 is 0 Å². The van der Waals surface area contributed by atoms with Gasteiger partial charge in [-0.05, 0) is 36.5 Å². The summed E-state index contributed by atoms with van der Waals surface area (Å²) in [6, 6.07) is 6.30. The van der Waals surface area contributed by atoms with E-state index in [9.17, 15) is 0 Å². The van der Waals surface area contributed by atoms with Crippen molar-refractivity contribution in [3.8, 4) is 11.5 Å². The van der Waals surface area contributed by atoms with Crippen molar-refractivity contribution in [2.45, 2.75) is 33.2 Å². The van der Waals surface area contributed by atoms with Gasteiger partial charge in [-0.15, -0.1) is 0 Å². The maximum absolute atomic E-state index is 5.36. The molecule has 0 saturated heterocycles. The van der Waals surface area contributed by atoms with Gasteiger partial charge in [0.15, 0.2) is 11.5 Å². The normalized spacial score (nSPS) is 13.0. The molecule has 0 aliphatic rings. The van der Waals surface area contributed by atoms with Crippen LogP contribution in [0.15, 0.2) is 18.2 Å². The third-order valence-corrected chi connectivity index (χ3v) is 3.78. The van der Waals surface area contributed by atoms with Gasteiger partial charge in [-0.3, -0.25) is 0 Å². The molecule has 0 aromatic heterocycles. The summed E-state index contributed by atoms with van der Waals surface area (Å²) in [5.41, 5.74) is 1.40. The number of hydrogen-bond acceptors (Lipinski definition) is 4. The predicted octanol–water partition coefficient (Wildman–Crippen LogP) is 3.42. The fourth-order valence-electron chi connectivity index (χ4n) is 2.14. The highest BCUT2D eigenvalue weighted by Gasteiger charge is 2.19. The third-order valence-electron chi connectivity index (χ3n) is 3.78. The Kier molecular flexibility index (Phi) is 6.99. The summed E-state index contributed by atoms with van der Waals surface area (Å²) in [5.74, 6) is 1.52. The van der Waals surface area contributed by atoms with Gasteiger partial charge in [-0.25, -0.2) is 0 Å². The van der Waals surface area contributed by atoms with Crippen LogP contribution in [0.1, 0.15) is 38.8 Å². The van der Waals surface area contributed by atoms with Gasteiger partial charge in [-0.2, -0.15) is 0 Å². The number of nitrogens with one attached hydrogen (secondary N) is 1. The minimum absolute atomic E-state index is 0.209. The van der Waals surface area contributed by atoms with E-state index in [-0.39, 0.29) is 11.5 Å². The molecule has 0 saturated carbocycles. The number of rotatable bonds is 9. The van der Waals surface area contributed by atoms with Crippen molar-refractivity contribution in [1.29, 1.82) is 0 Å². The Balaban J connectivity index is 2.65. The molecule has 0 bridgehead atoms. The van der Waals surface area contributed by atoms with Crippen LogP contribution in [0.2, 0.25) is 0 Å². The second-order valence-corrected chi connectivity index (χ2v) is 6.12. The second kappa shape index (κ2) is 8.25. The van der Waals surface area contributed by atoms with Crippen molar-refractivity contribution in [2.75, 3.05) is 34.5 Å². The van der Waals surface area contributed by atoms with Crippen LogP contribution in [0, 0.1) is 5.41 Å². The average molecular weight is 295 g/mol. The number of methoxy groups -OCH3 is 3. The fraction of sp³-hybridized carbons (Fsp3) is 0.647. The van der Waals surface area contributed by atoms with Crippen molar-refractivity contribution in [3.63, 3.8) is 0 Å². The Labute approximate surface area is 128 Å². The van der Waals surface area contributed by atoms with E-state index in [2.05, 4.69) is 32.2 Å². The van der Waals surface area contributed by atoms with Gasteiger partial charge in [0.25, 0.3) is 0 Å². The lowest BCUT2D eigenvalue weighted by Gasteiger charge is -2.27. The van der Waals surface area contributed by atoms with E-state index in [0.717, 1.165) is 31.1 Å². The summed E-state index contributed by atoms with van der Waals surface area (Å²) in [7, 11) is 5.06. The molecule has 0 fully saturated rings. The molecular formula is C17H29NO3. The summed E-state index contributed by atoms with van der Waals surface area (Å²) in [4.78, 5) is 0. The molecule has 4 heteroatoms. The van der Waals surface area contributed by atoms with Crippen LogP contribution >= 0.6 is 0 Å². The van der Waals surface area contributed by atoms with Gasteiger partial charge in [0.05, 0.1) is 14.2 Å². The molecule has 0 amide bonds. The van der Waals surface area contributed by atoms with Crippen molar-refractivity contribution in [1.82, 2.24) is 5.32 Å². The summed E-state index contributed by atoms with van der Waals surface area (Å²) in [5, 5.41) is 3.58. The minimum Gasteiger partial charge on any atom is -0.493 e. The maximum Gasteiger partial charge on any atom is 0.161 e. The molecule has 1 atom stereocenters. The molecule has 1 rings (SSSR count). The molecule has 1 aromatic carbocycles. The second-order valence-electron chi connectivity index (χ2n) is 6.12. The highest BCUT2D eigenvalue weighted by Crippen LogP contribution is 2.30. The van der Waals surface area contributed by atoms with Gasteiger partial charge in [0.1, 0.15) is 0 Å². The SMILES string of the molecule is COCCC(C)(C)CNC(C)c1ccc(OC)c(OC)c1. The van der Waals surface area contributed by atoms with Gasteiger partial charge >= 0.3 is 0 Å². The standard InChI is InChI=1S/C17H29NO3/c1-13(18-12-17(2,3)9-10-19-4)14-7-8-15(20-5)16(11-14)21-6/h7-8,11,13,18H,9-10,12H2,1-6H3. The molecule has 1 unspecified atom stereocenters. The Morgan fingerprint density at radius 1 is 1.10 bits per heavy atom. The first-order valence-electron chi connectivity index (χ1n) is 7.38. The zero-order chi connectivity index (χ0) is 15.9. The molecule has 0 heterocycles. The average Bonchev–Trinajstić information content (AvgIpc) is 2.50. The minimum atomic E-state index is 0.209. The van der Waals surface area contributed by atoms with Crippen LogP contribution in [-0.4, -0.2) is 34.5 Å². The fourth-order valence-corrected chi connectivity index (χ4v) is 2.14. The number of benzene rings is 1. The van der Waals surface area contributed by atoms with Gasteiger partial charge in [-0.1, -0.05) is 19.9 Å². The van der Waals surface area contributed by atoms with E-state index >= 15 is 0 Å². The molecule has 1 N–H and O–H groups in total. The lowest BCUT2D eigenvalue weighted by atomic mass is 9.89. The molecule has 0 aliphatic carbocycles. The van der Waals surface area contributed by atoms with Gasteiger partial charge in [0, 0.05) is 26.3 Å². The summed E-state index contributed by atoms with van der Waals surface area (Å²) in [6.45, 7) is 8.39. The molecule has 0 spiro atoms. The van der Waals surface area contributed by atoms with E-state index in [1.165, 1.54) is 5.56 Å². The van der Waals surface area contributed by atoms with Crippen LogP contribution < -0.4 is 14.8 Å². The predicted molar refractivity (Wildman–Crippen MR) is 86.2 cm³/mol. The Bertz CT molecular complexity index is 432. The molecule has 120 valence electrons. The van der Waals surface area contributed by atoms with Crippen LogP contribution in [0.3, 0.4) is 0 Å². The van der Waals surface area contributed by atoms with Crippen LogP contribution in [0.4, 0.5) is 0 Å². The van der Waals surface area contributed by atoms with Crippen molar-refractivity contribution in [3.05, 3.63) is 23.8 Å². The number of ether oxygens (including phenoxy) is 3. The first kappa shape index (κ1) is 17.8. The summed E-state index contributed by atoms with van der Waals surface area (Å²) < 4.78 is 15.8. The van der Waals surface area contributed by atoms with Gasteiger partial charge < -0.3 is 19.5 Å². The molecule has 1 aromatic rings. The van der Waals surface area contributed by atoms with Gasteiger partial charge in [0.2, 0.25) is 0 Å². The van der Waals surface area contributed by atoms with Crippen molar-refractivity contribution < 1.29 is 14.2 Å². The van der Waals surface area contributed by atoms with Crippen LogP contribution in [0.25, 0.3) is 0 Å². The zero-order valence-corrected chi connectivity index (χ0v) is 14.2. The summed E-state index contributed by atoms with van der Waals surface area (Å²) in [6.07, 6.45) is 1.04. The first-order valence-corrected chi connectivity index (χ1v) is 7.38. The Morgan fingerprint density at radius 3 is 2.33 bits per heavy atom. The lowest BCUT2D eigenvalue weighted by Crippen LogP contribution is -2.32. The largest absolute Gasteiger partial charge is 0.493 e. The monoisotopic (exact) mass is 295 g/mol. The van der Waals surface area contributed by atoms with E-state index in [1.54, 1.807) is 21.3 Å². The lowest BCUT2D eigenvalue weighted by molar-refractivity contribution is 0.149. The maximum atomic E-state index is 5.36. The van der Waals surface area contributed by atoms with Crippen LogP contribution in [0.5, 0.6) is 11.5 Å². The molecular weight excluding hydrogens is 266 g/mol. The zero-order valence-electron chi connectivity index (χ0n) is 14.2. The highest BCUT2D eigenvalue weighted by atomic mass is 16.5. The van der Waals surface area contributed by atoms with Crippen molar-refractivity contribution in [2.24, 2.45) is 5.41 Å². The topological polar surface area (TPSA) is 39.7 Å². The van der Waals surface area contributed by atoms with Crippen LogP contribution in [-0.2, 0) is 4.74 Å². The van der Waals surface area contributed by atoms with E-state index in [1.807, 2.05) is 12.1 Å².